The van der Waals surface area contributed by atoms with Crippen LogP contribution in [0.5, 0.6) is 0 Å². The molecule has 3 nitrogen and oxygen atoms in total. The van der Waals surface area contributed by atoms with E-state index in [-0.39, 0.29) is 0 Å². The van der Waals surface area contributed by atoms with Gasteiger partial charge in [-0.2, -0.15) is 0 Å². The third-order valence-electron chi connectivity index (χ3n) is 3.42. The van der Waals surface area contributed by atoms with E-state index in [1.807, 2.05) is 0 Å². The molecule has 0 bridgehead atoms. The van der Waals surface area contributed by atoms with E-state index in [9.17, 15) is 0 Å². The van der Waals surface area contributed by atoms with E-state index in [0.717, 1.165) is 18.8 Å². The Balaban J connectivity index is 1.99. The van der Waals surface area contributed by atoms with Crippen LogP contribution in [0.15, 0.2) is 0 Å². The van der Waals surface area contributed by atoms with E-state index in [0.29, 0.717) is 11.8 Å². The molecule has 0 aromatic carbocycles. The maximum Gasteiger partial charge on any atom is 0.127 e. The third kappa shape index (κ3) is 1.54. The lowest BCUT2D eigenvalue weighted by Gasteiger charge is -2.07. The molecule has 0 unspecified atom stereocenters. The summed E-state index contributed by atoms with van der Waals surface area (Å²) in [6.45, 7) is 3.24. The number of aromatic nitrogens is 2. The summed E-state index contributed by atoms with van der Waals surface area (Å²) >= 11 is 0. The molecule has 1 aromatic heterocycles. The zero-order valence-corrected chi connectivity index (χ0v) is 9.37. The third-order valence-corrected chi connectivity index (χ3v) is 3.42. The van der Waals surface area contributed by atoms with Crippen LogP contribution < -0.4 is 5.73 Å². The molecule has 3 rings (SSSR count). The molecule has 82 valence electrons. The minimum absolute atomic E-state index is 0.681. The first-order valence-corrected chi connectivity index (χ1v) is 6.17. The molecule has 0 aliphatic heterocycles. The Morgan fingerprint density at radius 1 is 1.27 bits per heavy atom. The summed E-state index contributed by atoms with van der Waals surface area (Å²) in [6.07, 6.45) is 6.34. The Hall–Kier alpha value is -0.990. The summed E-state index contributed by atoms with van der Waals surface area (Å²) in [5.41, 5.74) is 7.40. The number of hydrogen-bond donors (Lipinski definition) is 1. The van der Waals surface area contributed by atoms with Gasteiger partial charge >= 0.3 is 0 Å². The number of nitrogens with two attached hydrogens (primary N) is 1. The highest BCUT2D eigenvalue weighted by Crippen LogP contribution is 2.46. The predicted molar refractivity (Wildman–Crippen MR) is 60.9 cm³/mol. The fraction of sp³-hybridized carbons (Fsp3) is 0.750. The summed E-state index contributed by atoms with van der Waals surface area (Å²) in [5, 5.41) is 0. The first kappa shape index (κ1) is 9.25. The Morgan fingerprint density at radius 2 is 1.93 bits per heavy atom. The van der Waals surface area contributed by atoms with E-state index in [1.54, 1.807) is 0 Å². The van der Waals surface area contributed by atoms with Crippen LogP contribution in [0.2, 0.25) is 0 Å². The van der Waals surface area contributed by atoms with Crippen LogP contribution in [0.3, 0.4) is 0 Å². The van der Waals surface area contributed by atoms with Crippen molar-refractivity contribution < 1.29 is 0 Å². The van der Waals surface area contributed by atoms with Gasteiger partial charge in [0, 0.05) is 18.4 Å². The van der Waals surface area contributed by atoms with Crippen molar-refractivity contribution in [1.29, 1.82) is 0 Å². The van der Waals surface area contributed by atoms with Gasteiger partial charge in [0.2, 0.25) is 0 Å². The topological polar surface area (TPSA) is 43.8 Å². The fourth-order valence-electron chi connectivity index (χ4n) is 2.27. The quantitative estimate of drug-likeness (QED) is 0.821. The highest BCUT2D eigenvalue weighted by Gasteiger charge is 2.35. The van der Waals surface area contributed by atoms with Crippen LogP contribution in [0, 0.1) is 0 Å². The van der Waals surface area contributed by atoms with Gasteiger partial charge in [0.15, 0.2) is 0 Å². The largest absolute Gasteiger partial charge is 0.384 e. The molecule has 0 saturated heterocycles. The summed E-state index contributed by atoms with van der Waals surface area (Å²) in [5.74, 6) is 3.63. The van der Waals surface area contributed by atoms with Crippen molar-refractivity contribution in [2.24, 2.45) is 0 Å². The average Bonchev–Trinajstić information content (AvgIpc) is 3.11. The second-order valence-electron chi connectivity index (χ2n) is 4.94. The van der Waals surface area contributed by atoms with Crippen molar-refractivity contribution in [1.82, 2.24) is 9.55 Å². The van der Waals surface area contributed by atoms with E-state index in [2.05, 4.69) is 11.5 Å². The highest BCUT2D eigenvalue weighted by molar-refractivity contribution is 5.43. The SMILES string of the molecule is CCCn1c(C2CC2)nc(C2CC2)c1N. The Morgan fingerprint density at radius 3 is 2.47 bits per heavy atom. The van der Waals surface area contributed by atoms with Crippen LogP contribution >= 0.6 is 0 Å². The minimum Gasteiger partial charge on any atom is -0.384 e. The van der Waals surface area contributed by atoms with Gasteiger partial charge < -0.3 is 10.3 Å². The highest BCUT2D eigenvalue weighted by atomic mass is 15.2. The minimum atomic E-state index is 0.681. The van der Waals surface area contributed by atoms with Gasteiger partial charge in [0.25, 0.3) is 0 Å². The number of nitrogens with zero attached hydrogens (tertiary/aromatic N) is 2. The standard InChI is InChI=1S/C12H19N3/c1-2-7-15-11(13)10(8-3-4-8)14-12(15)9-5-6-9/h8-9H,2-7,13H2,1H3. The van der Waals surface area contributed by atoms with E-state index < -0.39 is 0 Å². The molecule has 1 heterocycles. The van der Waals surface area contributed by atoms with Crippen molar-refractivity contribution in [2.75, 3.05) is 5.73 Å². The smallest absolute Gasteiger partial charge is 0.127 e. The number of hydrogen-bond acceptors (Lipinski definition) is 2. The molecule has 0 atom stereocenters. The zero-order valence-electron chi connectivity index (χ0n) is 9.37. The molecule has 2 aliphatic rings. The van der Waals surface area contributed by atoms with Crippen molar-refractivity contribution in [3.63, 3.8) is 0 Å². The molecule has 1 aromatic rings. The van der Waals surface area contributed by atoms with Gasteiger partial charge in [0.05, 0.1) is 5.69 Å². The first-order valence-electron chi connectivity index (χ1n) is 6.17. The molecule has 0 amide bonds. The van der Waals surface area contributed by atoms with Crippen LogP contribution in [0.4, 0.5) is 5.82 Å². The van der Waals surface area contributed by atoms with Crippen molar-refractivity contribution in [3.05, 3.63) is 11.5 Å². The van der Waals surface area contributed by atoms with Crippen LogP contribution in [0.25, 0.3) is 0 Å². The Bertz CT molecular complexity index is 372. The van der Waals surface area contributed by atoms with Gasteiger partial charge in [-0.25, -0.2) is 4.98 Å². The number of rotatable bonds is 4. The number of nitrogen functional groups attached to an aromatic ring is 1. The van der Waals surface area contributed by atoms with Crippen LogP contribution in [-0.4, -0.2) is 9.55 Å². The summed E-state index contributed by atoms with van der Waals surface area (Å²) in [7, 11) is 0. The van der Waals surface area contributed by atoms with Crippen LogP contribution in [0.1, 0.15) is 62.4 Å². The second-order valence-corrected chi connectivity index (χ2v) is 4.94. The van der Waals surface area contributed by atoms with Gasteiger partial charge in [-0.1, -0.05) is 6.92 Å². The second kappa shape index (κ2) is 3.26. The predicted octanol–water partition coefficient (Wildman–Crippen LogP) is 2.63. The molecular weight excluding hydrogens is 186 g/mol. The lowest BCUT2D eigenvalue weighted by Crippen LogP contribution is -2.06. The zero-order chi connectivity index (χ0) is 10.4. The van der Waals surface area contributed by atoms with Gasteiger partial charge in [-0.3, -0.25) is 0 Å². The molecule has 2 N–H and O–H groups in total. The number of imidazole rings is 1. The van der Waals surface area contributed by atoms with Crippen molar-refractivity contribution in [3.8, 4) is 0 Å². The monoisotopic (exact) mass is 205 g/mol. The molecule has 2 saturated carbocycles. The molecule has 3 heteroatoms. The van der Waals surface area contributed by atoms with Gasteiger partial charge in [-0.05, 0) is 32.1 Å². The van der Waals surface area contributed by atoms with E-state index in [4.69, 9.17) is 10.7 Å². The Kier molecular flexibility index (Phi) is 2.01. The molecule has 2 fully saturated rings. The van der Waals surface area contributed by atoms with E-state index >= 15 is 0 Å². The molecule has 0 spiro atoms. The summed E-state index contributed by atoms with van der Waals surface area (Å²) in [4.78, 5) is 4.79. The summed E-state index contributed by atoms with van der Waals surface area (Å²) < 4.78 is 2.27. The molecular formula is C12H19N3. The van der Waals surface area contributed by atoms with Crippen molar-refractivity contribution in [2.45, 2.75) is 57.4 Å². The maximum atomic E-state index is 6.20. The van der Waals surface area contributed by atoms with Gasteiger partial charge in [0.1, 0.15) is 11.6 Å². The Labute approximate surface area is 90.7 Å². The maximum absolute atomic E-state index is 6.20. The molecule has 2 aliphatic carbocycles. The molecule has 0 radical (unpaired) electrons. The van der Waals surface area contributed by atoms with Crippen LogP contribution in [-0.2, 0) is 6.54 Å². The normalized spacial score (nSPS) is 20.9. The molecule has 15 heavy (non-hydrogen) atoms. The lowest BCUT2D eigenvalue weighted by atomic mass is 10.3. The van der Waals surface area contributed by atoms with Crippen molar-refractivity contribution >= 4 is 5.82 Å². The number of anilines is 1. The average molecular weight is 205 g/mol. The summed E-state index contributed by atoms with van der Waals surface area (Å²) in [6, 6.07) is 0. The first-order chi connectivity index (χ1) is 7.31. The van der Waals surface area contributed by atoms with Gasteiger partial charge in [-0.15, -0.1) is 0 Å². The van der Waals surface area contributed by atoms with E-state index in [1.165, 1.54) is 37.2 Å². The lowest BCUT2D eigenvalue weighted by molar-refractivity contribution is 0.646. The fourth-order valence-corrected chi connectivity index (χ4v) is 2.27.